The summed E-state index contributed by atoms with van der Waals surface area (Å²) in [6.45, 7) is 2.24. The van der Waals surface area contributed by atoms with E-state index in [1.807, 2.05) is 4.90 Å². The molecule has 2 rings (SSSR count). The van der Waals surface area contributed by atoms with Crippen LogP contribution in [0.1, 0.15) is 16.1 Å². The van der Waals surface area contributed by atoms with Gasteiger partial charge in [-0.2, -0.15) is 0 Å². The number of nitrogens with one attached hydrogen (secondary N) is 1. The Labute approximate surface area is 104 Å². The summed E-state index contributed by atoms with van der Waals surface area (Å²) in [5.74, 6) is 5.26. The molecule has 1 amide bonds. The number of carbonyl (C=O) groups excluding carboxylic acids is 1. The van der Waals surface area contributed by atoms with Crippen LogP contribution in [0.4, 0.5) is 0 Å². The molecule has 0 aliphatic carbocycles. The predicted molar refractivity (Wildman–Crippen MR) is 62.5 cm³/mol. The van der Waals surface area contributed by atoms with Crippen LogP contribution in [0.5, 0.6) is 0 Å². The number of hydrazine groups is 1. The van der Waals surface area contributed by atoms with Gasteiger partial charge in [-0.05, 0) is 6.07 Å². The Morgan fingerprint density at radius 2 is 2.50 bits per heavy atom. The molecule has 4 N–H and O–H groups in total. The molecule has 1 aliphatic heterocycles. The number of rotatable bonds is 4. The third-order valence-corrected chi connectivity index (χ3v) is 3.03. The molecule has 1 saturated heterocycles. The van der Waals surface area contributed by atoms with Gasteiger partial charge in [-0.15, -0.1) is 0 Å². The van der Waals surface area contributed by atoms with Crippen LogP contribution < -0.4 is 11.3 Å². The van der Waals surface area contributed by atoms with E-state index < -0.39 is 0 Å². The van der Waals surface area contributed by atoms with Crippen molar-refractivity contribution < 1.29 is 19.1 Å². The Bertz CT molecular complexity index is 407. The number of carbonyl (C=O) groups is 1. The molecule has 7 heteroatoms. The second-order valence-corrected chi connectivity index (χ2v) is 4.11. The van der Waals surface area contributed by atoms with Gasteiger partial charge >= 0.3 is 0 Å². The minimum Gasteiger partial charge on any atom is -0.467 e. The van der Waals surface area contributed by atoms with Crippen molar-refractivity contribution in [1.82, 2.24) is 10.3 Å². The first-order valence-electron chi connectivity index (χ1n) is 5.76. The molecule has 100 valence electrons. The zero-order valence-corrected chi connectivity index (χ0v) is 9.96. The third-order valence-electron chi connectivity index (χ3n) is 3.03. The van der Waals surface area contributed by atoms with Crippen molar-refractivity contribution in [2.75, 3.05) is 26.4 Å². The third kappa shape index (κ3) is 2.70. The number of nitrogens with two attached hydrogens (primary N) is 1. The van der Waals surface area contributed by atoms with E-state index >= 15 is 0 Å². The number of furan rings is 1. The van der Waals surface area contributed by atoms with Gasteiger partial charge in [0.15, 0.2) is 0 Å². The number of aliphatic hydroxyl groups excluding tert-OH is 1. The molecule has 1 aromatic heterocycles. The Morgan fingerprint density at radius 1 is 1.67 bits per heavy atom. The van der Waals surface area contributed by atoms with Crippen molar-refractivity contribution in [3.8, 4) is 0 Å². The molecule has 7 nitrogen and oxygen atoms in total. The fraction of sp³-hybridized carbons (Fsp3) is 0.545. The number of morpholine rings is 1. The summed E-state index contributed by atoms with van der Waals surface area (Å²) in [6, 6.07) is 1.50. The molecule has 0 radical (unpaired) electrons. The van der Waals surface area contributed by atoms with E-state index in [0.717, 1.165) is 0 Å². The molecule has 0 aromatic carbocycles. The fourth-order valence-electron chi connectivity index (χ4n) is 1.99. The zero-order valence-electron chi connectivity index (χ0n) is 9.96. The highest BCUT2D eigenvalue weighted by Gasteiger charge is 2.25. The second-order valence-electron chi connectivity index (χ2n) is 4.11. The van der Waals surface area contributed by atoms with Crippen LogP contribution in [0, 0.1) is 0 Å². The van der Waals surface area contributed by atoms with Crippen LogP contribution in [0.15, 0.2) is 16.7 Å². The Kier molecular flexibility index (Phi) is 4.32. The molecule has 0 saturated carbocycles. The summed E-state index contributed by atoms with van der Waals surface area (Å²) in [4.78, 5) is 13.5. The Morgan fingerprint density at radius 3 is 3.22 bits per heavy atom. The highest BCUT2D eigenvalue weighted by molar-refractivity contribution is 5.94. The van der Waals surface area contributed by atoms with Gasteiger partial charge in [-0.1, -0.05) is 0 Å². The van der Waals surface area contributed by atoms with Gasteiger partial charge in [0.1, 0.15) is 5.76 Å². The topological polar surface area (TPSA) is 101 Å². The summed E-state index contributed by atoms with van der Waals surface area (Å²) in [5.41, 5.74) is 2.50. The van der Waals surface area contributed by atoms with Gasteiger partial charge in [0.2, 0.25) is 0 Å². The van der Waals surface area contributed by atoms with Crippen LogP contribution in [-0.4, -0.2) is 48.3 Å². The highest BCUT2D eigenvalue weighted by atomic mass is 16.5. The average Bonchev–Trinajstić information content (AvgIpc) is 2.86. The number of nitrogen functional groups attached to an aromatic ring is 1. The van der Waals surface area contributed by atoms with E-state index in [9.17, 15) is 9.90 Å². The van der Waals surface area contributed by atoms with Gasteiger partial charge in [0.05, 0.1) is 44.2 Å². The molecule has 1 atom stereocenters. The SMILES string of the molecule is NNC(=O)c1ccoc1CN1CCOCC1CO. The fourth-order valence-corrected chi connectivity index (χ4v) is 1.99. The lowest BCUT2D eigenvalue weighted by Gasteiger charge is -2.33. The molecule has 0 spiro atoms. The Balaban J connectivity index is 2.08. The quantitative estimate of drug-likeness (QED) is 0.365. The van der Waals surface area contributed by atoms with Crippen LogP contribution in [-0.2, 0) is 11.3 Å². The van der Waals surface area contributed by atoms with Crippen molar-refractivity contribution in [2.45, 2.75) is 12.6 Å². The van der Waals surface area contributed by atoms with E-state index in [4.69, 9.17) is 15.0 Å². The number of hydrogen-bond acceptors (Lipinski definition) is 6. The maximum atomic E-state index is 11.5. The lowest BCUT2D eigenvalue weighted by Crippen LogP contribution is -2.47. The van der Waals surface area contributed by atoms with E-state index in [1.165, 1.54) is 6.26 Å². The first-order valence-corrected chi connectivity index (χ1v) is 5.76. The standard InChI is InChI=1S/C11H17N3O4/c12-13-11(16)9-1-3-18-10(9)5-14-2-4-17-7-8(14)6-15/h1,3,8,15H,2,4-7,12H2,(H,13,16). The van der Waals surface area contributed by atoms with Crippen molar-refractivity contribution in [3.05, 3.63) is 23.7 Å². The Hall–Kier alpha value is -1.41. The van der Waals surface area contributed by atoms with Crippen LogP contribution in [0.3, 0.4) is 0 Å². The first-order chi connectivity index (χ1) is 8.76. The number of nitrogens with zero attached hydrogens (tertiary/aromatic N) is 1. The number of ether oxygens (including phenoxy) is 1. The van der Waals surface area contributed by atoms with Gasteiger partial charge in [0, 0.05) is 6.54 Å². The van der Waals surface area contributed by atoms with E-state index in [-0.39, 0.29) is 18.6 Å². The summed E-state index contributed by atoms with van der Waals surface area (Å²) < 4.78 is 10.6. The van der Waals surface area contributed by atoms with Crippen LogP contribution in [0.25, 0.3) is 0 Å². The smallest absolute Gasteiger partial charge is 0.268 e. The molecule has 0 bridgehead atoms. The number of hydrogen-bond donors (Lipinski definition) is 3. The second kappa shape index (κ2) is 5.96. The van der Waals surface area contributed by atoms with Gasteiger partial charge in [-0.25, -0.2) is 5.84 Å². The minimum absolute atomic E-state index is 0.0130. The monoisotopic (exact) mass is 255 g/mol. The van der Waals surface area contributed by atoms with Crippen LogP contribution >= 0.6 is 0 Å². The van der Waals surface area contributed by atoms with Gasteiger partial charge < -0.3 is 14.3 Å². The summed E-state index contributed by atoms with van der Waals surface area (Å²) in [6.07, 6.45) is 1.45. The molecule has 1 unspecified atom stereocenters. The lowest BCUT2D eigenvalue weighted by atomic mass is 10.2. The maximum Gasteiger partial charge on any atom is 0.268 e. The van der Waals surface area contributed by atoms with E-state index in [1.54, 1.807) is 6.07 Å². The maximum absolute atomic E-state index is 11.5. The molecule has 2 heterocycles. The van der Waals surface area contributed by atoms with Gasteiger partial charge in [0.25, 0.3) is 5.91 Å². The minimum atomic E-state index is -0.382. The highest BCUT2D eigenvalue weighted by Crippen LogP contribution is 2.16. The number of amides is 1. The molecular formula is C11H17N3O4. The van der Waals surface area contributed by atoms with Crippen molar-refractivity contribution in [2.24, 2.45) is 5.84 Å². The molecule has 1 aromatic rings. The van der Waals surface area contributed by atoms with Crippen LogP contribution in [0.2, 0.25) is 0 Å². The van der Waals surface area contributed by atoms with Gasteiger partial charge in [-0.3, -0.25) is 15.1 Å². The summed E-state index contributed by atoms with van der Waals surface area (Å²) in [5, 5.41) is 9.26. The molecule has 1 fully saturated rings. The van der Waals surface area contributed by atoms with Crippen molar-refractivity contribution in [3.63, 3.8) is 0 Å². The summed E-state index contributed by atoms with van der Waals surface area (Å²) in [7, 11) is 0. The lowest BCUT2D eigenvalue weighted by molar-refractivity contribution is -0.0337. The largest absolute Gasteiger partial charge is 0.467 e. The first kappa shape index (κ1) is 13.0. The molecule has 1 aliphatic rings. The summed E-state index contributed by atoms with van der Waals surface area (Å²) >= 11 is 0. The molecular weight excluding hydrogens is 238 g/mol. The molecule has 18 heavy (non-hydrogen) atoms. The predicted octanol–water partition coefficient (Wildman–Crippen LogP) is -0.924. The number of aliphatic hydroxyl groups is 1. The zero-order chi connectivity index (χ0) is 13.0. The normalized spacial score (nSPS) is 20.9. The van der Waals surface area contributed by atoms with Crippen molar-refractivity contribution >= 4 is 5.91 Å². The van der Waals surface area contributed by atoms with E-state index in [0.29, 0.717) is 37.6 Å². The average molecular weight is 255 g/mol. The van der Waals surface area contributed by atoms with Crippen molar-refractivity contribution in [1.29, 1.82) is 0 Å². The van der Waals surface area contributed by atoms with E-state index in [2.05, 4.69) is 5.43 Å².